The van der Waals surface area contributed by atoms with Gasteiger partial charge >= 0.3 is 5.97 Å². The molecule has 0 atom stereocenters. The van der Waals surface area contributed by atoms with Crippen LogP contribution in [0.5, 0.6) is 0 Å². The summed E-state index contributed by atoms with van der Waals surface area (Å²) in [6.45, 7) is 1.01. The van der Waals surface area contributed by atoms with E-state index in [9.17, 15) is 4.79 Å². The molecule has 0 unspecified atom stereocenters. The number of carboxylic acid groups (broad SMARTS) is 1. The zero-order valence-electron chi connectivity index (χ0n) is 7.10. The van der Waals surface area contributed by atoms with Crippen molar-refractivity contribution in [1.29, 1.82) is 0 Å². The van der Waals surface area contributed by atoms with Crippen LogP contribution >= 0.6 is 11.7 Å². The smallest absolute Gasteiger partial charge is 0.359 e. The summed E-state index contributed by atoms with van der Waals surface area (Å²) in [5, 5.41) is 8.72. The molecule has 0 aromatic carbocycles. The molecule has 72 valence electrons. The van der Waals surface area contributed by atoms with Gasteiger partial charge in [-0.3, -0.25) is 0 Å². The molecular weight excluding hydrogens is 192 g/mol. The predicted octanol–water partition coefficient (Wildman–Crippen LogP) is -0.369. The van der Waals surface area contributed by atoms with Crippen molar-refractivity contribution in [3.05, 3.63) is 5.69 Å². The van der Waals surface area contributed by atoms with Crippen LogP contribution in [0, 0.1) is 0 Å². The van der Waals surface area contributed by atoms with Crippen molar-refractivity contribution in [2.45, 2.75) is 0 Å². The second-order valence-electron chi connectivity index (χ2n) is 2.45. The minimum Gasteiger partial charge on any atom is -0.476 e. The first kappa shape index (κ1) is 9.87. The second-order valence-corrected chi connectivity index (χ2v) is 2.98. The Kier molecular flexibility index (Phi) is 3.15. The van der Waals surface area contributed by atoms with Crippen LogP contribution in [-0.4, -0.2) is 40.0 Å². The van der Waals surface area contributed by atoms with Crippen LogP contribution in [0.3, 0.4) is 0 Å². The monoisotopic (exact) mass is 202 g/mol. The van der Waals surface area contributed by atoms with Crippen LogP contribution < -0.4 is 10.6 Å². The highest BCUT2D eigenvalue weighted by Crippen LogP contribution is 2.15. The zero-order valence-corrected chi connectivity index (χ0v) is 7.91. The van der Waals surface area contributed by atoms with E-state index in [1.165, 1.54) is 0 Å². The Hall–Kier alpha value is -1.21. The SMILES string of the molecule is CN(CCN)c1nsnc1C(=O)O. The van der Waals surface area contributed by atoms with Crippen molar-refractivity contribution < 1.29 is 9.90 Å². The predicted molar refractivity (Wildman–Crippen MR) is 49.2 cm³/mol. The Balaban J connectivity index is 2.86. The van der Waals surface area contributed by atoms with Crippen molar-refractivity contribution in [3.8, 4) is 0 Å². The average molecular weight is 202 g/mol. The standard InChI is InChI=1S/C6H10N4O2S/c1-10(3-2-7)5-4(6(11)12)8-13-9-5/h2-3,7H2,1H3,(H,11,12). The zero-order chi connectivity index (χ0) is 9.84. The Morgan fingerprint density at radius 3 is 2.92 bits per heavy atom. The summed E-state index contributed by atoms with van der Waals surface area (Å²) in [7, 11) is 1.73. The maximum Gasteiger partial charge on any atom is 0.359 e. The highest BCUT2D eigenvalue weighted by atomic mass is 32.1. The normalized spacial score (nSPS) is 10.0. The third-order valence-corrected chi connectivity index (χ3v) is 2.02. The van der Waals surface area contributed by atoms with E-state index in [1.54, 1.807) is 11.9 Å². The van der Waals surface area contributed by atoms with Crippen molar-refractivity contribution in [3.63, 3.8) is 0 Å². The second kappa shape index (κ2) is 4.15. The summed E-state index contributed by atoms with van der Waals surface area (Å²) in [6.07, 6.45) is 0. The minimum absolute atomic E-state index is 0.0130. The molecule has 7 heteroatoms. The van der Waals surface area contributed by atoms with E-state index < -0.39 is 5.97 Å². The number of anilines is 1. The lowest BCUT2D eigenvalue weighted by Crippen LogP contribution is -2.26. The molecule has 1 heterocycles. The molecule has 0 aliphatic carbocycles. The Labute approximate surface area is 79.3 Å². The molecule has 13 heavy (non-hydrogen) atoms. The van der Waals surface area contributed by atoms with Gasteiger partial charge in [0, 0.05) is 20.1 Å². The van der Waals surface area contributed by atoms with Crippen LogP contribution in [-0.2, 0) is 0 Å². The van der Waals surface area contributed by atoms with Crippen LogP contribution in [0.2, 0.25) is 0 Å². The fraction of sp³-hybridized carbons (Fsp3) is 0.500. The first-order valence-corrected chi connectivity index (χ1v) is 4.37. The number of hydrogen-bond donors (Lipinski definition) is 2. The fourth-order valence-electron chi connectivity index (χ4n) is 0.869. The molecule has 1 rings (SSSR count). The van der Waals surface area contributed by atoms with Gasteiger partial charge in [0.2, 0.25) is 5.69 Å². The van der Waals surface area contributed by atoms with Gasteiger partial charge in [-0.1, -0.05) is 0 Å². The Morgan fingerprint density at radius 2 is 2.38 bits per heavy atom. The molecule has 0 amide bonds. The summed E-state index contributed by atoms with van der Waals surface area (Å²) in [5.74, 6) is -0.685. The van der Waals surface area contributed by atoms with Gasteiger partial charge in [-0.15, -0.1) is 0 Å². The highest BCUT2D eigenvalue weighted by molar-refractivity contribution is 6.99. The number of nitrogens with two attached hydrogens (primary N) is 1. The van der Waals surface area contributed by atoms with E-state index in [-0.39, 0.29) is 5.69 Å². The number of likely N-dealkylation sites (N-methyl/N-ethyl adjacent to an activating group) is 1. The summed E-state index contributed by atoms with van der Waals surface area (Å²) < 4.78 is 7.54. The van der Waals surface area contributed by atoms with Crippen molar-refractivity contribution in [1.82, 2.24) is 8.75 Å². The lowest BCUT2D eigenvalue weighted by Gasteiger charge is -2.14. The first-order valence-electron chi connectivity index (χ1n) is 3.64. The van der Waals surface area contributed by atoms with Crippen LogP contribution in [0.15, 0.2) is 0 Å². The number of hydrogen-bond acceptors (Lipinski definition) is 6. The molecule has 0 fully saturated rings. The maximum absolute atomic E-state index is 10.6. The van der Waals surface area contributed by atoms with E-state index in [4.69, 9.17) is 10.8 Å². The molecule has 0 aliphatic heterocycles. The first-order chi connectivity index (χ1) is 6.16. The topological polar surface area (TPSA) is 92.3 Å². The molecule has 0 saturated heterocycles. The Morgan fingerprint density at radius 1 is 1.69 bits per heavy atom. The quantitative estimate of drug-likeness (QED) is 0.692. The number of carboxylic acids is 1. The van der Waals surface area contributed by atoms with Crippen LogP contribution in [0.25, 0.3) is 0 Å². The van der Waals surface area contributed by atoms with Crippen LogP contribution in [0.1, 0.15) is 10.5 Å². The fourth-order valence-corrected chi connectivity index (χ4v) is 1.45. The van der Waals surface area contributed by atoms with Crippen molar-refractivity contribution in [2.75, 3.05) is 25.0 Å². The third-order valence-electron chi connectivity index (χ3n) is 1.50. The van der Waals surface area contributed by atoms with Gasteiger partial charge in [-0.05, 0) is 0 Å². The molecule has 0 bridgehead atoms. The van der Waals surface area contributed by atoms with Gasteiger partial charge < -0.3 is 15.7 Å². The summed E-state index contributed by atoms with van der Waals surface area (Å²) in [4.78, 5) is 12.3. The van der Waals surface area contributed by atoms with Crippen molar-refractivity contribution in [2.24, 2.45) is 5.73 Å². The van der Waals surface area contributed by atoms with Gasteiger partial charge in [0.1, 0.15) is 0 Å². The number of nitrogens with zero attached hydrogens (tertiary/aromatic N) is 3. The van der Waals surface area contributed by atoms with Gasteiger partial charge in [0.15, 0.2) is 5.82 Å². The van der Waals surface area contributed by atoms with Crippen molar-refractivity contribution >= 4 is 23.5 Å². The van der Waals surface area contributed by atoms with Gasteiger partial charge in [0.05, 0.1) is 11.7 Å². The molecule has 6 nitrogen and oxygen atoms in total. The van der Waals surface area contributed by atoms with Gasteiger partial charge in [-0.2, -0.15) is 8.75 Å². The molecule has 0 spiro atoms. The summed E-state index contributed by atoms with van der Waals surface area (Å²) in [6, 6.07) is 0. The van der Waals surface area contributed by atoms with Gasteiger partial charge in [0.25, 0.3) is 0 Å². The van der Waals surface area contributed by atoms with E-state index in [2.05, 4.69) is 8.75 Å². The summed E-state index contributed by atoms with van der Waals surface area (Å²) >= 11 is 0.885. The average Bonchev–Trinajstić information content (AvgIpc) is 2.52. The lowest BCUT2D eigenvalue weighted by atomic mass is 10.4. The van der Waals surface area contributed by atoms with Crippen LogP contribution in [0.4, 0.5) is 5.82 Å². The van der Waals surface area contributed by atoms with E-state index in [1.807, 2.05) is 0 Å². The molecule has 1 aromatic heterocycles. The summed E-state index contributed by atoms with van der Waals surface area (Å²) in [5.41, 5.74) is 5.31. The maximum atomic E-state index is 10.6. The minimum atomic E-state index is -1.06. The van der Waals surface area contributed by atoms with E-state index in [0.29, 0.717) is 18.9 Å². The molecule has 0 aliphatic rings. The molecule has 0 radical (unpaired) electrons. The molecule has 0 saturated carbocycles. The Bertz CT molecular complexity index is 301. The number of rotatable bonds is 4. The van der Waals surface area contributed by atoms with E-state index >= 15 is 0 Å². The molecular formula is C6H10N4O2S. The number of aromatic carboxylic acids is 1. The number of aromatic nitrogens is 2. The lowest BCUT2D eigenvalue weighted by molar-refractivity contribution is 0.0692. The number of carbonyl (C=O) groups is 1. The highest BCUT2D eigenvalue weighted by Gasteiger charge is 2.17. The largest absolute Gasteiger partial charge is 0.476 e. The molecule has 3 N–H and O–H groups in total. The van der Waals surface area contributed by atoms with E-state index in [0.717, 1.165) is 11.7 Å². The third kappa shape index (κ3) is 2.13. The molecule has 1 aromatic rings. The van der Waals surface area contributed by atoms with Gasteiger partial charge in [-0.25, -0.2) is 4.79 Å².